The zero-order chi connectivity index (χ0) is 15.4. The number of halogens is 1. The molecule has 0 spiro atoms. The minimum absolute atomic E-state index is 0.239. The van der Waals surface area contributed by atoms with E-state index in [4.69, 9.17) is 0 Å². The van der Waals surface area contributed by atoms with Crippen molar-refractivity contribution in [3.05, 3.63) is 35.1 Å². The first-order valence-corrected chi connectivity index (χ1v) is 7.88. The molecule has 1 saturated heterocycles. The van der Waals surface area contributed by atoms with Gasteiger partial charge in [-0.1, -0.05) is 19.1 Å². The van der Waals surface area contributed by atoms with Crippen LogP contribution in [0, 0.1) is 12.7 Å². The van der Waals surface area contributed by atoms with Crippen LogP contribution in [0.15, 0.2) is 18.2 Å². The Morgan fingerprint density at radius 2 is 2.14 bits per heavy atom. The molecule has 2 rings (SSSR count). The van der Waals surface area contributed by atoms with Crippen LogP contribution in [-0.2, 0) is 0 Å². The van der Waals surface area contributed by atoms with E-state index in [0.717, 1.165) is 32.6 Å². The molecule has 0 aliphatic carbocycles. The Bertz CT molecular complexity index is 466. The number of piperazine rings is 1. The van der Waals surface area contributed by atoms with Crippen LogP contribution in [0.3, 0.4) is 0 Å². The van der Waals surface area contributed by atoms with Crippen LogP contribution in [0.5, 0.6) is 0 Å². The number of nitrogens with zero attached hydrogens (tertiary/aromatic N) is 2. The lowest BCUT2D eigenvalue weighted by atomic mass is 10.0. The van der Waals surface area contributed by atoms with Gasteiger partial charge in [0.2, 0.25) is 0 Å². The van der Waals surface area contributed by atoms with Crippen molar-refractivity contribution in [2.75, 3.05) is 33.2 Å². The Balaban J connectivity index is 1.86. The molecule has 3 nitrogen and oxygen atoms in total. The molecule has 4 heteroatoms. The van der Waals surface area contributed by atoms with E-state index >= 15 is 0 Å². The summed E-state index contributed by atoms with van der Waals surface area (Å²) in [4.78, 5) is 4.81. The van der Waals surface area contributed by atoms with Crippen molar-refractivity contribution in [2.45, 2.75) is 38.8 Å². The lowest BCUT2D eigenvalue weighted by Crippen LogP contribution is -2.51. The molecule has 1 heterocycles. The van der Waals surface area contributed by atoms with Gasteiger partial charge in [0, 0.05) is 32.2 Å². The minimum atomic E-state index is -0.583. The second-order valence-electron chi connectivity index (χ2n) is 6.16. The molecule has 1 fully saturated rings. The van der Waals surface area contributed by atoms with Crippen molar-refractivity contribution in [1.82, 2.24) is 9.80 Å². The van der Waals surface area contributed by atoms with Gasteiger partial charge in [-0.3, -0.25) is 0 Å². The largest absolute Gasteiger partial charge is 0.388 e. The van der Waals surface area contributed by atoms with E-state index in [1.807, 2.05) is 6.07 Å². The third-order valence-electron chi connectivity index (χ3n) is 4.63. The SMILES string of the molecule is CCC1CN(CCC(O)c2ccc(C)c(F)c2)CCN1C. The molecule has 1 aliphatic rings. The number of rotatable bonds is 5. The molecule has 0 radical (unpaired) electrons. The van der Waals surface area contributed by atoms with Gasteiger partial charge in [-0.15, -0.1) is 0 Å². The fourth-order valence-corrected chi connectivity index (χ4v) is 2.94. The Hall–Kier alpha value is -0.970. The van der Waals surface area contributed by atoms with Gasteiger partial charge in [0.1, 0.15) is 5.82 Å². The average molecular weight is 294 g/mol. The monoisotopic (exact) mass is 294 g/mol. The van der Waals surface area contributed by atoms with E-state index in [1.165, 1.54) is 6.07 Å². The van der Waals surface area contributed by atoms with Gasteiger partial charge < -0.3 is 14.9 Å². The van der Waals surface area contributed by atoms with Gasteiger partial charge in [-0.05, 0) is 44.0 Å². The molecule has 2 atom stereocenters. The highest BCUT2D eigenvalue weighted by molar-refractivity contribution is 5.24. The number of aliphatic hydroxyl groups excluding tert-OH is 1. The van der Waals surface area contributed by atoms with Crippen LogP contribution in [0.25, 0.3) is 0 Å². The van der Waals surface area contributed by atoms with Crippen molar-refractivity contribution < 1.29 is 9.50 Å². The number of hydrogen-bond donors (Lipinski definition) is 1. The summed E-state index contributed by atoms with van der Waals surface area (Å²) in [5.74, 6) is -0.239. The third kappa shape index (κ3) is 4.25. The van der Waals surface area contributed by atoms with E-state index in [0.29, 0.717) is 23.6 Å². The first-order valence-electron chi connectivity index (χ1n) is 7.88. The zero-order valence-electron chi connectivity index (χ0n) is 13.3. The van der Waals surface area contributed by atoms with Crippen LogP contribution in [0.1, 0.15) is 37.0 Å². The molecule has 0 aromatic heterocycles. The Labute approximate surface area is 127 Å². The van der Waals surface area contributed by atoms with Gasteiger partial charge in [0.05, 0.1) is 6.10 Å². The van der Waals surface area contributed by atoms with Gasteiger partial charge in [0.25, 0.3) is 0 Å². The normalized spacial score (nSPS) is 22.4. The predicted octanol–water partition coefficient (Wildman–Crippen LogP) is 2.58. The first-order chi connectivity index (χ1) is 10.0. The van der Waals surface area contributed by atoms with Gasteiger partial charge >= 0.3 is 0 Å². The van der Waals surface area contributed by atoms with Crippen LogP contribution in [0.4, 0.5) is 4.39 Å². The highest BCUT2D eigenvalue weighted by Gasteiger charge is 2.23. The molecule has 1 aromatic rings. The number of aliphatic hydroxyl groups is 1. The van der Waals surface area contributed by atoms with Crippen molar-refractivity contribution in [3.63, 3.8) is 0 Å². The summed E-state index contributed by atoms with van der Waals surface area (Å²) >= 11 is 0. The van der Waals surface area contributed by atoms with E-state index in [9.17, 15) is 9.50 Å². The fourth-order valence-electron chi connectivity index (χ4n) is 2.94. The molecular weight excluding hydrogens is 267 g/mol. The second kappa shape index (κ2) is 7.34. The summed E-state index contributed by atoms with van der Waals surface area (Å²) in [6.45, 7) is 7.99. The second-order valence-corrected chi connectivity index (χ2v) is 6.16. The molecule has 21 heavy (non-hydrogen) atoms. The van der Waals surface area contributed by atoms with E-state index < -0.39 is 6.10 Å². The standard InChI is InChI=1S/C17H27FN2O/c1-4-15-12-20(10-9-19(15)3)8-7-17(21)14-6-5-13(2)16(18)11-14/h5-6,11,15,17,21H,4,7-10,12H2,1-3H3. The van der Waals surface area contributed by atoms with Gasteiger partial charge in [0.15, 0.2) is 0 Å². The van der Waals surface area contributed by atoms with Crippen LogP contribution in [-0.4, -0.2) is 54.2 Å². The molecule has 1 aliphatic heterocycles. The highest BCUT2D eigenvalue weighted by Crippen LogP contribution is 2.20. The molecule has 118 valence electrons. The molecule has 1 N–H and O–H groups in total. The van der Waals surface area contributed by atoms with Crippen molar-refractivity contribution >= 4 is 0 Å². The lowest BCUT2D eigenvalue weighted by Gasteiger charge is -2.39. The van der Waals surface area contributed by atoms with Crippen molar-refractivity contribution in [2.24, 2.45) is 0 Å². The predicted molar refractivity (Wildman–Crippen MR) is 83.9 cm³/mol. The summed E-state index contributed by atoms with van der Waals surface area (Å²) in [6, 6.07) is 5.62. The average Bonchev–Trinajstić information content (AvgIpc) is 2.48. The van der Waals surface area contributed by atoms with E-state index in [-0.39, 0.29) is 5.82 Å². The van der Waals surface area contributed by atoms with Gasteiger partial charge in [-0.25, -0.2) is 4.39 Å². The minimum Gasteiger partial charge on any atom is -0.388 e. The number of hydrogen-bond acceptors (Lipinski definition) is 3. The molecule has 2 unspecified atom stereocenters. The maximum absolute atomic E-state index is 13.5. The van der Waals surface area contributed by atoms with Gasteiger partial charge in [-0.2, -0.15) is 0 Å². The summed E-state index contributed by atoms with van der Waals surface area (Å²) < 4.78 is 13.5. The molecule has 1 aromatic carbocycles. The maximum atomic E-state index is 13.5. The summed E-state index contributed by atoms with van der Waals surface area (Å²) in [5, 5.41) is 10.2. The van der Waals surface area contributed by atoms with Crippen LogP contribution < -0.4 is 0 Å². The molecule has 0 bridgehead atoms. The lowest BCUT2D eigenvalue weighted by molar-refractivity contribution is 0.0754. The molecular formula is C17H27FN2O. The number of likely N-dealkylation sites (N-methyl/N-ethyl adjacent to an activating group) is 1. The molecule has 0 amide bonds. The number of benzene rings is 1. The smallest absolute Gasteiger partial charge is 0.126 e. The first kappa shape index (κ1) is 16.4. The van der Waals surface area contributed by atoms with Crippen molar-refractivity contribution in [1.29, 1.82) is 0 Å². The molecule has 0 saturated carbocycles. The topological polar surface area (TPSA) is 26.7 Å². The zero-order valence-corrected chi connectivity index (χ0v) is 13.3. The Morgan fingerprint density at radius 1 is 1.38 bits per heavy atom. The quantitative estimate of drug-likeness (QED) is 0.904. The summed E-state index contributed by atoms with van der Waals surface area (Å²) in [5.41, 5.74) is 1.30. The third-order valence-corrected chi connectivity index (χ3v) is 4.63. The number of aryl methyl sites for hydroxylation is 1. The maximum Gasteiger partial charge on any atom is 0.126 e. The van der Waals surface area contributed by atoms with Crippen LogP contribution >= 0.6 is 0 Å². The van der Waals surface area contributed by atoms with E-state index in [1.54, 1.807) is 13.0 Å². The highest BCUT2D eigenvalue weighted by atomic mass is 19.1. The Kier molecular flexibility index (Phi) is 5.73. The summed E-state index contributed by atoms with van der Waals surface area (Å²) in [6.07, 6.45) is 1.22. The van der Waals surface area contributed by atoms with E-state index in [2.05, 4.69) is 23.8 Å². The fraction of sp³-hybridized carbons (Fsp3) is 0.647. The Morgan fingerprint density at radius 3 is 2.81 bits per heavy atom. The van der Waals surface area contributed by atoms with Crippen molar-refractivity contribution in [3.8, 4) is 0 Å². The summed E-state index contributed by atoms with van der Waals surface area (Å²) in [7, 11) is 2.18. The van der Waals surface area contributed by atoms with Crippen LogP contribution in [0.2, 0.25) is 0 Å².